The van der Waals surface area contributed by atoms with Gasteiger partial charge in [0.1, 0.15) is 12.1 Å². The number of carboxylic acids is 1. The Morgan fingerprint density at radius 1 is 0.950 bits per heavy atom. The molecule has 0 aromatic rings. The standard InChI is InChI=1S/C13H25N3O4/c1-7(2)14-10(17)8(3)15-12(20)16-9(11(18)19)13(4,5)6/h7-9H,1-6H3,(H,14,17)(H,18,19)(H2,15,16,20)/t8?,9-/m0/s1. The van der Waals surface area contributed by atoms with Crippen LogP contribution in [0, 0.1) is 5.41 Å². The quantitative estimate of drug-likeness (QED) is 0.597. The molecule has 0 radical (unpaired) electrons. The first-order valence-corrected chi connectivity index (χ1v) is 6.55. The lowest BCUT2D eigenvalue weighted by Gasteiger charge is -2.28. The summed E-state index contributed by atoms with van der Waals surface area (Å²) < 4.78 is 0. The highest BCUT2D eigenvalue weighted by atomic mass is 16.4. The monoisotopic (exact) mass is 287 g/mol. The van der Waals surface area contributed by atoms with Crippen molar-refractivity contribution in [1.29, 1.82) is 0 Å². The Labute approximate surface area is 119 Å². The van der Waals surface area contributed by atoms with Gasteiger partial charge in [-0.1, -0.05) is 20.8 Å². The van der Waals surface area contributed by atoms with E-state index in [2.05, 4.69) is 16.0 Å². The Bertz CT molecular complexity index is 374. The van der Waals surface area contributed by atoms with Gasteiger partial charge in [-0.25, -0.2) is 9.59 Å². The molecule has 0 aromatic heterocycles. The molecular formula is C13H25N3O4. The van der Waals surface area contributed by atoms with Crippen molar-refractivity contribution in [3.63, 3.8) is 0 Å². The summed E-state index contributed by atoms with van der Waals surface area (Å²) in [6.45, 7) is 10.3. The lowest BCUT2D eigenvalue weighted by molar-refractivity contribution is -0.141. The molecule has 0 heterocycles. The topological polar surface area (TPSA) is 108 Å². The fourth-order valence-corrected chi connectivity index (χ4v) is 1.49. The smallest absolute Gasteiger partial charge is 0.326 e. The number of hydrogen-bond acceptors (Lipinski definition) is 3. The number of hydrogen-bond donors (Lipinski definition) is 4. The summed E-state index contributed by atoms with van der Waals surface area (Å²) in [4.78, 5) is 34.5. The molecule has 2 atom stereocenters. The number of carbonyl (C=O) groups excluding carboxylic acids is 2. The summed E-state index contributed by atoms with van der Waals surface area (Å²) in [5, 5.41) is 16.5. The van der Waals surface area contributed by atoms with Crippen LogP contribution in [0.3, 0.4) is 0 Å². The molecule has 1 unspecified atom stereocenters. The van der Waals surface area contributed by atoms with Gasteiger partial charge in [-0.2, -0.15) is 0 Å². The number of rotatable bonds is 5. The Morgan fingerprint density at radius 3 is 1.80 bits per heavy atom. The van der Waals surface area contributed by atoms with Crippen molar-refractivity contribution in [2.24, 2.45) is 5.41 Å². The molecule has 116 valence electrons. The SMILES string of the molecule is CC(C)NC(=O)C(C)NC(=O)N[C@@H](C(=O)O)C(C)(C)C. The van der Waals surface area contributed by atoms with Gasteiger partial charge in [-0.05, 0) is 26.2 Å². The molecule has 0 spiro atoms. The van der Waals surface area contributed by atoms with Gasteiger partial charge in [-0.15, -0.1) is 0 Å². The van der Waals surface area contributed by atoms with Gasteiger partial charge in [0.2, 0.25) is 5.91 Å². The Kier molecular flexibility index (Phi) is 6.48. The molecular weight excluding hydrogens is 262 g/mol. The predicted octanol–water partition coefficient (Wildman–Crippen LogP) is 0.698. The average molecular weight is 287 g/mol. The van der Waals surface area contributed by atoms with Crippen molar-refractivity contribution >= 4 is 17.9 Å². The van der Waals surface area contributed by atoms with Gasteiger partial charge >= 0.3 is 12.0 Å². The van der Waals surface area contributed by atoms with E-state index in [9.17, 15) is 14.4 Å². The number of carboxylic acid groups (broad SMARTS) is 1. The summed E-state index contributed by atoms with van der Waals surface area (Å²) in [5.41, 5.74) is -0.632. The van der Waals surface area contributed by atoms with E-state index in [1.165, 1.54) is 6.92 Å². The molecule has 7 nitrogen and oxygen atoms in total. The van der Waals surface area contributed by atoms with Crippen LogP contribution < -0.4 is 16.0 Å². The fraction of sp³-hybridized carbons (Fsp3) is 0.769. The van der Waals surface area contributed by atoms with Gasteiger partial charge in [0.05, 0.1) is 0 Å². The zero-order valence-corrected chi connectivity index (χ0v) is 12.9. The van der Waals surface area contributed by atoms with E-state index in [4.69, 9.17) is 5.11 Å². The third-order valence-electron chi connectivity index (χ3n) is 2.56. The number of amides is 3. The maximum Gasteiger partial charge on any atom is 0.326 e. The highest BCUT2D eigenvalue weighted by molar-refractivity contribution is 5.88. The first kappa shape index (κ1) is 18.2. The zero-order valence-electron chi connectivity index (χ0n) is 12.9. The number of nitrogens with one attached hydrogen (secondary N) is 3. The maximum absolute atomic E-state index is 11.7. The summed E-state index contributed by atoms with van der Waals surface area (Å²) in [7, 11) is 0. The van der Waals surface area contributed by atoms with E-state index in [0.29, 0.717) is 0 Å². The molecule has 20 heavy (non-hydrogen) atoms. The van der Waals surface area contributed by atoms with Crippen molar-refractivity contribution in [3.8, 4) is 0 Å². The molecule has 0 aliphatic carbocycles. The second kappa shape index (κ2) is 7.12. The van der Waals surface area contributed by atoms with Crippen molar-refractivity contribution < 1.29 is 19.5 Å². The Balaban J connectivity index is 4.55. The normalized spacial score (nSPS) is 14.3. The third-order valence-corrected chi connectivity index (χ3v) is 2.56. The maximum atomic E-state index is 11.7. The first-order chi connectivity index (χ1) is 8.95. The van der Waals surface area contributed by atoms with E-state index in [1.807, 2.05) is 13.8 Å². The van der Waals surface area contributed by atoms with Crippen LogP contribution in [0.25, 0.3) is 0 Å². The lowest BCUT2D eigenvalue weighted by Crippen LogP contribution is -2.56. The van der Waals surface area contributed by atoms with Crippen molar-refractivity contribution in [3.05, 3.63) is 0 Å². The molecule has 0 aromatic carbocycles. The van der Waals surface area contributed by atoms with Crippen LogP contribution >= 0.6 is 0 Å². The van der Waals surface area contributed by atoms with E-state index < -0.39 is 29.5 Å². The zero-order chi connectivity index (χ0) is 16.1. The molecule has 7 heteroatoms. The molecule has 4 N–H and O–H groups in total. The molecule has 0 saturated carbocycles. The first-order valence-electron chi connectivity index (χ1n) is 6.55. The van der Waals surface area contributed by atoms with E-state index >= 15 is 0 Å². The average Bonchev–Trinajstić information content (AvgIpc) is 2.22. The van der Waals surface area contributed by atoms with Crippen molar-refractivity contribution in [1.82, 2.24) is 16.0 Å². The summed E-state index contributed by atoms with van der Waals surface area (Å²) in [5.74, 6) is -1.44. The van der Waals surface area contributed by atoms with E-state index in [-0.39, 0.29) is 11.9 Å². The minimum atomic E-state index is -1.12. The number of aliphatic carboxylic acids is 1. The van der Waals surface area contributed by atoms with Crippen LogP contribution in [-0.4, -0.2) is 41.1 Å². The highest BCUT2D eigenvalue weighted by Gasteiger charge is 2.33. The van der Waals surface area contributed by atoms with Crippen LogP contribution in [0.2, 0.25) is 0 Å². The molecule has 0 rings (SSSR count). The number of carbonyl (C=O) groups is 3. The van der Waals surface area contributed by atoms with Gasteiger partial charge in [0, 0.05) is 6.04 Å². The predicted molar refractivity (Wildman–Crippen MR) is 75.3 cm³/mol. The molecule has 0 saturated heterocycles. The summed E-state index contributed by atoms with van der Waals surface area (Å²) in [6, 6.07) is -2.50. The second-order valence-corrected chi connectivity index (χ2v) is 6.14. The van der Waals surface area contributed by atoms with E-state index in [1.54, 1.807) is 20.8 Å². The van der Waals surface area contributed by atoms with Gasteiger partial charge in [-0.3, -0.25) is 4.79 Å². The summed E-state index contributed by atoms with van der Waals surface area (Å²) in [6.07, 6.45) is 0. The molecule has 3 amide bonds. The van der Waals surface area contributed by atoms with E-state index in [0.717, 1.165) is 0 Å². The number of urea groups is 1. The molecule has 0 aliphatic heterocycles. The van der Waals surface area contributed by atoms with Crippen LogP contribution in [0.5, 0.6) is 0 Å². The third kappa shape index (κ3) is 6.40. The van der Waals surface area contributed by atoms with Gasteiger partial charge < -0.3 is 21.1 Å². The molecule has 0 fully saturated rings. The van der Waals surface area contributed by atoms with Gasteiger partial charge in [0.15, 0.2) is 0 Å². The highest BCUT2D eigenvalue weighted by Crippen LogP contribution is 2.19. The Hall–Kier alpha value is -1.79. The van der Waals surface area contributed by atoms with Crippen LogP contribution in [0.15, 0.2) is 0 Å². The minimum absolute atomic E-state index is 0.0313. The van der Waals surface area contributed by atoms with Crippen molar-refractivity contribution in [2.75, 3.05) is 0 Å². The summed E-state index contributed by atoms with van der Waals surface area (Å²) >= 11 is 0. The lowest BCUT2D eigenvalue weighted by atomic mass is 9.87. The Morgan fingerprint density at radius 2 is 1.45 bits per heavy atom. The molecule has 0 aliphatic rings. The molecule has 0 bridgehead atoms. The minimum Gasteiger partial charge on any atom is -0.480 e. The van der Waals surface area contributed by atoms with Crippen LogP contribution in [0.1, 0.15) is 41.5 Å². The van der Waals surface area contributed by atoms with Crippen LogP contribution in [-0.2, 0) is 9.59 Å². The van der Waals surface area contributed by atoms with Crippen LogP contribution in [0.4, 0.5) is 4.79 Å². The second-order valence-electron chi connectivity index (χ2n) is 6.14. The fourth-order valence-electron chi connectivity index (χ4n) is 1.49. The van der Waals surface area contributed by atoms with Gasteiger partial charge in [0.25, 0.3) is 0 Å². The largest absolute Gasteiger partial charge is 0.480 e. The van der Waals surface area contributed by atoms with Crippen molar-refractivity contribution in [2.45, 2.75) is 59.7 Å².